The topological polar surface area (TPSA) is 57.6 Å². The smallest absolute Gasteiger partial charge is 0.236 e. The fourth-order valence-corrected chi connectivity index (χ4v) is 3.73. The van der Waals surface area contributed by atoms with Gasteiger partial charge in [0.2, 0.25) is 11.8 Å². The van der Waals surface area contributed by atoms with E-state index in [-0.39, 0.29) is 18.4 Å². The van der Waals surface area contributed by atoms with E-state index in [1.165, 1.54) is 4.90 Å². The predicted molar refractivity (Wildman–Crippen MR) is 83.0 cm³/mol. The fraction of sp³-hybridized carbons (Fsp3) is 0.556. The van der Waals surface area contributed by atoms with Gasteiger partial charge in [-0.15, -0.1) is 0 Å². The van der Waals surface area contributed by atoms with Gasteiger partial charge in [0.1, 0.15) is 0 Å². The maximum atomic E-state index is 12.7. The fourth-order valence-electron chi connectivity index (χ4n) is 3.73. The summed E-state index contributed by atoms with van der Waals surface area (Å²) in [6, 6.07) is 7.55. The highest BCUT2D eigenvalue weighted by atomic mass is 16.3. The molecule has 0 aromatic heterocycles. The molecule has 3 rings (SSSR count). The maximum absolute atomic E-state index is 12.7. The van der Waals surface area contributed by atoms with Gasteiger partial charge in [-0.3, -0.25) is 14.5 Å². The van der Waals surface area contributed by atoms with Crippen LogP contribution in [0.4, 0.5) is 0 Å². The molecule has 1 saturated carbocycles. The van der Waals surface area contributed by atoms with Crippen molar-refractivity contribution >= 4 is 11.8 Å². The van der Waals surface area contributed by atoms with Crippen LogP contribution in [-0.4, -0.2) is 28.4 Å². The maximum Gasteiger partial charge on any atom is 0.236 e. The molecule has 1 heterocycles. The molecule has 1 aromatic rings. The Kier molecular flexibility index (Phi) is 4.04. The zero-order valence-electron chi connectivity index (χ0n) is 13.0. The van der Waals surface area contributed by atoms with Crippen molar-refractivity contribution < 1.29 is 14.7 Å². The van der Waals surface area contributed by atoms with E-state index in [0.717, 1.165) is 43.2 Å². The van der Waals surface area contributed by atoms with Crippen LogP contribution in [0.2, 0.25) is 0 Å². The van der Waals surface area contributed by atoms with E-state index in [1.54, 1.807) is 0 Å². The number of β-amino-alcohol motifs (C(OH)–C–C–N with tert-alkyl or cyclic N) is 1. The molecule has 1 saturated heterocycles. The Balaban J connectivity index is 1.73. The van der Waals surface area contributed by atoms with Gasteiger partial charge in [0.25, 0.3) is 0 Å². The van der Waals surface area contributed by atoms with E-state index in [4.69, 9.17) is 0 Å². The summed E-state index contributed by atoms with van der Waals surface area (Å²) in [4.78, 5) is 26.3. The lowest BCUT2D eigenvalue weighted by Crippen LogP contribution is -2.39. The SMILES string of the molecule is Cc1ccc(C(O)CN2C(=O)CC3(CCCCC3)C2=O)cc1. The third-order valence-corrected chi connectivity index (χ3v) is 5.12. The van der Waals surface area contributed by atoms with E-state index >= 15 is 0 Å². The first-order valence-electron chi connectivity index (χ1n) is 8.11. The number of nitrogens with zero attached hydrogens (tertiary/aromatic N) is 1. The molecule has 1 atom stereocenters. The molecule has 0 bridgehead atoms. The van der Waals surface area contributed by atoms with Crippen LogP contribution in [0.3, 0.4) is 0 Å². The molecule has 2 amide bonds. The predicted octanol–water partition coefficient (Wildman–Crippen LogP) is 2.74. The summed E-state index contributed by atoms with van der Waals surface area (Å²) >= 11 is 0. The Hall–Kier alpha value is -1.68. The third-order valence-electron chi connectivity index (χ3n) is 5.12. The molecule has 22 heavy (non-hydrogen) atoms. The normalized spacial score (nSPS) is 22.4. The van der Waals surface area contributed by atoms with Gasteiger partial charge in [-0.05, 0) is 25.3 Å². The molecular formula is C18H23NO3. The minimum atomic E-state index is -0.813. The Bertz CT molecular complexity index is 572. The number of aryl methyl sites for hydroxylation is 1. The number of amides is 2. The molecule has 1 unspecified atom stereocenters. The summed E-state index contributed by atoms with van der Waals surface area (Å²) in [5, 5.41) is 10.3. The number of imide groups is 1. The van der Waals surface area contributed by atoms with Crippen LogP contribution < -0.4 is 0 Å². The Morgan fingerprint density at radius 1 is 1.14 bits per heavy atom. The first-order chi connectivity index (χ1) is 10.5. The van der Waals surface area contributed by atoms with Crippen LogP contribution in [0.15, 0.2) is 24.3 Å². The summed E-state index contributed by atoms with van der Waals surface area (Å²) in [6.45, 7) is 2.05. The Morgan fingerprint density at radius 2 is 1.77 bits per heavy atom. The number of likely N-dealkylation sites (tertiary alicyclic amines) is 1. The van der Waals surface area contributed by atoms with E-state index in [1.807, 2.05) is 31.2 Å². The van der Waals surface area contributed by atoms with Crippen LogP contribution in [-0.2, 0) is 9.59 Å². The highest BCUT2D eigenvalue weighted by Crippen LogP contribution is 2.45. The van der Waals surface area contributed by atoms with Gasteiger partial charge >= 0.3 is 0 Å². The van der Waals surface area contributed by atoms with Gasteiger partial charge in [-0.25, -0.2) is 0 Å². The zero-order chi connectivity index (χ0) is 15.7. The van der Waals surface area contributed by atoms with Gasteiger partial charge in [0, 0.05) is 6.42 Å². The number of benzene rings is 1. The number of carbonyl (C=O) groups is 2. The van der Waals surface area contributed by atoms with Crippen molar-refractivity contribution in [3.05, 3.63) is 35.4 Å². The second-order valence-electron chi connectivity index (χ2n) is 6.75. The Morgan fingerprint density at radius 3 is 2.41 bits per heavy atom. The van der Waals surface area contributed by atoms with Crippen molar-refractivity contribution in [2.45, 2.75) is 51.6 Å². The lowest BCUT2D eigenvalue weighted by atomic mass is 9.73. The summed E-state index contributed by atoms with van der Waals surface area (Å²) < 4.78 is 0. The average Bonchev–Trinajstić information content (AvgIpc) is 2.73. The molecule has 1 aliphatic heterocycles. The molecule has 1 aliphatic carbocycles. The van der Waals surface area contributed by atoms with Gasteiger partial charge in [-0.1, -0.05) is 49.1 Å². The highest BCUT2D eigenvalue weighted by Gasteiger charge is 2.51. The molecule has 1 spiro atoms. The number of aliphatic hydroxyl groups is 1. The van der Waals surface area contributed by atoms with E-state index in [9.17, 15) is 14.7 Å². The lowest BCUT2D eigenvalue weighted by molar-refractivity contribution is -0.143. The summed E-state index contributed by atoms with van der Waals surface area (Å²) in [6.07, 6.45) is 4.33. The molecule has 2 fully saturated rings. The number of aliphatic hydroxyl groups excluding tert-OH is 1. The van der Waals surface area contributed by atoms with E-state index in [2.05, 4.69) is 0 Å². The highest BCUT2D eigenvalue weighted by molar-refractivity contribution is 6.06. The van der Waals surface area contributed by atoms with Crippen molar-refractivity contribution in [3.63, 3.8) is 0 Å². The van der Waals surface area contributed by atoms with Crippen LogP contribution in [0.1, 0.15) is 55.8 Å². The molecule has 2 aliphatic rings. The van der Waals surface area contributed by atoms with Crippen molar-refractivity contribution in [2.75, 3.05) is 6.54 Å². The number of carbonyl (C=O) groups excluding carboxylic acids is 2. The Labute approximate surface area is 131 Å². The second kappa shape index (κ2) is 5.84. The second-order valence-corrected chi connectivity index (χ2v) is 6.75. The number of hydrogen-bond acceptors (Lipinski definition) is 3. The molecule has 4 heteroatoms. The van der Waals surface area contributed by atoms with Crippen LogP contribution >= 0.6 is 0 Å². The van der Waals surface area contributed by atoms with Crippen molar-refractivity contribution in [1.29, 1.82) is 0 Å². The number of hydrogen-bond donors (Lipinski definition) is 1. The quantitative estimate of drug-likeness (QED) is 0.873. The van der Waals surface area contributed by atoms with Crippen LogP contribution in [0, 0.1) is 12.3 Å². The summed E-state index contributed by atoms with van der Waals surface area (Å²) in [5.41, 5.74) is 1.39. The van der Waals surface area contributed by atoms with Crippen molar-refractivity contribution in [3.8, 4) is 0 Å². The summed E-state index contributed by atoms with van der Waals surface area (Å²) in [5.74, 6) is -0.193. The molecule has 0 radical (unpaired) electrons. The first-order valence-corrected chi connectivity index (χ1v) is 8.11. The van der Waals surface area contributed by atoms with Crippen molar-refractivity contribution in [1.82, 2.24) is 4.90 Å². The lowest BCUT2D eigenvalue weighted by Gasteiger charge is -2.30. The van der Waals surface area contributed by atoms with Gasteiger partial charge < -0.3 is 5.11 Å². The van der Waals surface area contributed by atoms with Crippen LogP contribution in [0.25, 0.3) is 0 Å². The molecule has 118 valence electrons. The largest absolute Gasteiger partial charge is 0.387 e. The minimum Gasteiger partial charge on any atom is -0.387 e. The van der Waals surface area contributed by atoms with Gasteiger partial charge in [0.15, 0.2) is 0 Å². The minimum absolute atomic E-state index is 0.0663. The molecule has 1 N–H and O–H groups in total. The van der Waals surface area contributed by atoms with Gasteiger partial charge in [-0.2, -0.15) is 0 Å². The monoisotopic (exact) mass is 301 g/mol. The van der Waals surface area contributed by atoms with E-state index in [0.29, 0.717) is 6.42 Å². The van der Waals surface area contributed by atoms with Crippen LogP contribution in [0.5, 0.6) is 0 Å². The zero-order valence-corrected chi connectivity index (χ0v) is 13.0. The van der Waals surface area contributed by atoms with Gasteiger partial charge in [0.05, 0.1) is 18.1 Å². The molecule has 4 nitrogen and oxygen atoms in total. The third kappa shape index (κ3) is 2.68. The average molecular weight is 301 g/mol. The first kappa shape index (κ1) is 15.2. The van der Waals surface area contributed by atoms with Crippen molar-refractivity contribution in [2.24, 2.45) is 5.41 Å². The number of rotatable bonds is 3. The van der Waals surface area contributed by atoms with E-state index < -0.39 is 11.5 Å². The molecule has 1 aromatic carbocycles. The summed E-state index contributed by atoms with van der Waals surface area (Å²) in [7, 11) is 0. The molecular weight excluding hydrogens is 278 g/mol. The standard InChI is InChI=1S/C18H23NO3/c1-13-5-7-14(8-6-13)15(20)12-19-16(21)11-18(17(19)22)9-3-2-4-10-18/h5-8,15,20H,2-4,9-12H2,1H3.